The largest absolute Gasteiger partial charge is 0.416 e. The lowest BCUT2D eigenvalue weighted by molar-refractivity contribution is -0.137. The van der Waals surface area contributed by atoms with Gasteiger partial charge in [-0.1, -0.05) is 11.6 Å². The molecule has 0 radical (unpaired) electrons. The molecular formula is C18H12ClF5IN3O2S. The molecule has 3 aromatic rings. The van der Waals surface area contributed by atoms with E-state index in [1.54, 1.807) is 0 Å². The predicted octanol–water partition coefficient (Wildman–Crippen LogP) is 5.09. The van der Waals surface area contributed by atoms with Crippen LogP contribution in [0.4, 0.5) is 22.0 Å². The van der Waals surface area contributed by atoms with Gasteiger partial charge in [-0.25, -0.2) is 9.38 Å². The van der Waals surface area contributed by atoms with Gasteiger partial charge in [0.2, 0.25) is 0 Å². The minimum absolute atomic E-state index is 0.0807. The van der Waals surface area contributed by atoms with Gasteiger partial charge < -0.3 is 5.32 Å². The van der Waals surface area contributed by atoms with Crippen LogP contribution in [0.2, 0.25) is 5.02 Å². The number of nitrogens with zero attached hydrogens (tertiary/aromatic N) is 2. The fraction of sp³-hybridized carbons (Fsp3) is 0.278. The number of carbonyl (C=O) groups is 1. The highest BCUT2D eigenvalue weighted by atomic mass is 127. The molecule has 0 aliphatic carbocycles. The van der Waals surface area contributed by atoms with E-state index in [0.717, 1.165) is 62.6 Å². The van der Waals surface area contributed by atoms with Crippen molar-refractivity contribution in [3.05, 3.63) is 67.0 Å². The smallest absolute Gasteiger partial charge is 0.344 e. The van der Waals surface area contributed by atoms with Crippen LogP contribution in [0.15, 0.2) is 29.1 Å². The van der Waals surface area contributed by atoms with Gasteiger partial charge in [0.1, 0.15) is 5.69 Å². The van der Waals surface area contributed by atoms with Crippen molar-refractivity contribution in [2.24, 2.45) is 0 Å². The molecule has 0 fully saturated rings. The second kappa shape index (κ2) is 8.62. The van der Waals surface area contributed by atoms with Crippen LogP contribution in [-0.2, 0) is 12.6 Å². The second-order valence-corrected chi connectivity index (χ2v) is 9.66. The molecule has 0 bridgehead atoms. The lowest BCUT2D eigenvalue weighted by Crippen LogP contribution is -2.35. The summed E-state index contributed by atoms with van der Waals surface area (Å²) in [6.45, 7) is 0.608. The highest BCUT2D eigenvalue weighted by molar-refractivity contribution is 14.1. The summed E-state index contributed by atoms with van der Waals surface area (Å²) in [5.41, 5.74) is -1.40. The van der Waals surface area contributed by atoms with Crippen LogP contribution >= 0.6 is 45.5 Å². The number of aromatic nitrogens is 2. The molecule has 1 N–H and O–H groups in total. The molecule has 0 aliphatic heterocycles. The molecule has 0 aliphatic rings. The van der Waals surface area contributed by atoms with E-state index in [1.807, 2.05) is 0 Å². The monoisotopic (exact) mass is 591 g/mol. The maximum atomic E-state index is 13.0. The minimum Gasteiger partial charge on any atom is -0.344 e. The number of benzene rings is 1. The molecule has 13 heteroatoms. The maximum absolute atomic E-state index is 13.0. The van der Waals surface area contributed by atoms with Crippen LogP contribution in [0.1, 0.15) is 32.2 Å². The Kier molecular flexibility index (Phi) is 6.63. The zero-order valence-corrected chi connectivity index (χ0v) is 19.2. The molecular weight excluding hydrogens is 580 g/mol. The van der Waals surface area contributed by atoms with Crippen molar-refractivity contribution in [3.63, 3.8) is 0 Å². The third-order valence-electron chi connectivity index (χ3n) is 4.15. The van der Waals surface area contributed by atoms with Gasteiger partial charge in [0, 0.05) is 45.0 Å². The van der Waals surface area contributed by atoms with Crippen molar-refractivity contribution in [2.45, 2.75) is 23.5 Å². The van der Waals surface area contributed by atoms with E-state index in [2.05, 4.69) is 10.3 Å². The number of halogens is 7. The Morgan fingerprint density at radius 2 is 1.94 bits per heavy atom. The van der Waals surface area contributed by atoms with Crippen LogP contribution in [0.3, 0.4) is 0 Å². The summed E-state index contributed by atoms with van der Waals surface area (Å²) < 4.78 is 62.8. The first kappa shape index (κ1) is 23.9. The third-order valence-corrected chi connectivity index (χ3v) is 5.86. The Balaban J connectivity index is 1.98. The van der Waals surface area contributed by atoms with Gasteiger partial charge in [0.05, 0.1) is 17.8 Å². The second-order valence-electron chi connectivity index (χ2n) is 6.49. The predicted molar refractivity (Wildman–Crippen MR) is 115 cm³/mol. The molecule has 0 saturated heterocycles. The van der Waals surface area contributed by atoms with Gasteiger partial charge in [0.25, 0.3) is 11.5 Å². The van der Waals surface area contributed by atoms with Crippen LogP contribution in [0, 0.1) is 6.92 Å². The lowest BCUT2D eigenvalue weighted by Gasteiger charge is -2.11. The van der Waals surface area contributed by atoms with Crippen LogP contribution in [0.25, 0.3) is 4.96 Å². The van der Waals surface area contributed by atoms with E-state index >= 15 is 0 Å². The number of fused-ring (bicyclic) bond motifs is 1. The average Bonchev–Trinajstić information content (AvgIpc) is 2.96. The molecule has 0 spiro atoms. The lowest BCUT2D eigenvalue weighted by atomic mass is 10.1. The number of hydrogen-bond donors (Lipinski definition) is 1. The number of rotatable bonds is 5. The van der Waals surface area contributed by atoms with Gasteiger partial charge >= 0.3 is 10.1 Å². The first-order valence-corrected chi connectivity index (χ1v) is 10.8. The maximum Gasteiger partial charge on any atom is 0.416 e. The zero-order valence-electron chi connectivity index (χ0n) is 15.5. The van der Waals surface area contributed by atoms with Gasteiger partial charge in [-0.3, -0.25) is 9.59 Å². The molecule has 0 unspecified atom stereocenters. The van der Waals surface area contributed by atoms with Crippen molar-refractivity contribution >= 4 is 56.4 Å². The Labute approximate surface area is 194 Å². The molecule has 3 rings (SSSR count). The van der Waals surface area contributed by atoms with E-state index in [0.29, 0.717) is 4.88 Å². The normalized spacial score (nSPS) is 12.4. The molecule has 0 atom stereocenters. The summed E-state index contributed by atoms with van der Waals surface area (Å²) in [6.07, 6.45) is -4.70. The number of amides is 1. The van der Waals surface area contributed by atoms with Crippen LogP contribution in [0.5, 0.6) is 0 Å². The van der Waals surface area contributed by atoms with Crippen LogP contribution < -0.4 is 10.9 Å². The molecule has 2 aromatic heterocycles. The van der Waals surface area contributed by atoms with Gasteiger partial charge in [-0.15, -0.1) is 11.3 Å². The Morgan fingerprint density at radius 3 is 2.55 bits per heavy atom. The molecule has 1 aromatic carbocycles. The zero-order chi connectivity index (χ0) is 23.1. The summed E-state index contributed by atoms with van der Waals surface area (Å²) in [7, 11) is 0. The van der Waals surface area contributed by atoms with E-state index in [-0.39, 0.29) is 33.4 Å². The number of thiazole rings is 1. The van der Waals surface area contributed by atoms with Gasteiger partial charge in [-0.05, 0) is 30.7 Å². The van der Waals surface area contributed by atoms with Crippen molar-refractivity contribution in [2.75, 3.05) is 6.54 Å². The average molecular weight is 592 g/mol. The minimum atomic E-state index is -4.56. The fourth-order valence-electron chi connectivity index (χ4n) is 2.82. The number of aryl methyl sites for hydroxylation is 1. The number of carbonyl (C=O) groups excluding carboxylic acids is 1. The fourth-order valence-corrected chi connectivity index (χ4v) is 4.19. The molecule has 5 nitrogen and oxygen atoms in total. The van der Waals surface area contributed by atoms with Crippen molar-refractivity contribution < 1.29 is 26.7 Å². The Morgan fingerprint density at radius 1 is 1.26 bits per heavy atom. The van der Waals surface area contributed by atoms with E-state index in [9.17, 15) is 31.5 Å². The third kappa shape index (κ3) is 5.52. The first-order valence-electron chi connectivity index (χ1n) is 8.49. The molecule has 31 heavy (non-hydrogen) atoms. The summed E-state index contributed by atoms with van der Waals surface area (Å²) >= 11 is 7.86. The number of hydrogen-bond acceptors (Lipinski definition) is 4. The first-order chi connectivity index (χ1) is 14.3. The molecule has 166 valence electrons. The molecule has 0 saturated carbocycles. The topological polar surface area (TPSA) is 63.5 Å². The van der Waals surface area contributed by atoms with E-state index < -0.39 is 33.7 Å². The van der Waals surface area contributed by atoms with Gasteiger partial charge in [-0.2, -0.15) is 22.0 Å². The van der Waals surface area contributed by atoms with E-state index in [1.165, 1.54) is 6.92 Å². The highest BCUT2D eigenvalue weighted by Crippen LogP contribution is 2.32. The standard InChI is InChI=1S/C18H12ClF5IN3O2S/c1-8-14(15(30)26-7-17(20,21)25)28-13(29)6-11(27-16(28)31-8)5-9-4-10(18(22,23)24)2-3-12(9)19/h2-4,6H,5,7H2,1H3,(H,26,30). The number of nitrogens with one attached hydrogen (secondary N) is 1. The highest BCUT2D eigenvalue weighted by Gasteiger charge is 2.31. The number of alkyl halides is 6. The van der Waals surface area contributed by atoms with Crippen LogP contribution in [-0.4, -0.2) is 25.8 Å². The summed E-state index contributed by atoms with van der Waals surface area (Å²) in [4.78, 5) is 29.7. The summed E-state index contributed by atoms with van der Waals surface area (Å²) in [6, 6.07) is 3.92. The summed E-state index contributed by atoms with van der Waals surface area (Å²) in [5.74, 6) is -0.863. The van der Waals surface area contributed by atoms with Gasteiger partial charge in [0.15, 0.2) is 4.96 Å². The van der Waals surface area contributed by atoms with Crippen molar-refractivity contribution in [1.82, 2.24) is 14.7 Å². The SMILES string of the molecule is Cc1sc2nc(Cc3cc(C(F)(F)F)ccc3Cl)cc(=O)n2c1C(=O)NCC(F)(F)I. The van der Waals surface area contributed by atoms with Crippen molar-refractivity contribution in [1.29, 1.82) is 0 Å². The summed E-state index contributed by atoms with van der Waals surface area (Å²) in [5, 5.41) is 2.15. The van der Waals surface area contributed by atoms with Crippen molar-refractivity contribution in [3.8, 4) is 0 Å². The molecule has 1 amide bonds. The van der Waals surface area contributed by atoms with E-state index in [4.69, 9.17) is 11.6 Å². The molecule has 2 heterocycles. The Hall–Kier alpha value is -1.80. The Bertz CT molecular complexity index is 1220. The quantitative estimate of drug-likeness (QED) is 0.256.